The number of carbonyl (C=O) groups excluding carboxylic acids is 1. The summed E-state index contributed by atoms with van der Waals surface area (Å²) in [6.07, 6.45) is 2.70. The zero-order valence-corrected chi connectivity index (χ0v) is 12.6. The van der Waals surface area contributed by atoms with Gasteiger partial charge in [-0.3, -0.25) is 4.79 Å². The fourth-order valence-corrected chi connectivity index (χ4v) is 2.66. The van der Waals surface area contributed by atoms with Gasteiger partial charge in [0.25, 0.3) is 0 Å². The quantitative estimate of drug-likeness (QED) is 0.823. The van der Waals surface area contributed by atoms with Crippen molar-refractivity contribution in [3.8, 4) is 0 Å². The Labute approximate surface area is 123 Å². The third-order valence-electron chi connectivity index (χ3n) is 3.65. The summed E-state index contributed by atoms with van der Waals surface area (Å²) in [7, 11) is 0. The minimum Gasteiger partial charge on any atom is -0.392 e. The predicted octanol–water partition coefficient (Wildman–Crippen LogP) is 1.49. The largest absolute Gasteiger partial charge is 0.392 e. The lowest BCUT2D eigenvalue weighted by Crippen LogP contribution is -2.49. The van der Waals surface area contributed by atoms with E-state index < -0.39 is 5.41 Å². The number of carbonyl (C=O) groups is 1. The second kappa shape index (κ2) is 5.88. The normalized spacial score (nSPS) is 17.9. The summed E-state index contributed by atoms with van der Waals surface area (Å²) in [4.78, 5) is 12.9. The van der Waals surface area contributed by atoms with E-state index in [9.17, 15) is 4.79 Å². The van der Waals surface area contributed by atoms with Gasteiger partial charge in [0.1, 0.15) is 11.2 Å². The third-order valence-corrected chi connectivity index (χ3v) is 4.04. The molecule has 0 atom stereocenters. The average molecular weight is 296 g/mol. The molecule has 1 aromatic rings. The molecule has 6 nitrogen and oxygen atoms in total. The molecule has 7 heteroatoms. The lowest BCUT2D eigenvalue weighted by Gasteiger charge is -2.34. The highest BCUT2D eigenvalue weighted by Crippen LogP contribution is 2.32. The van der Waals surface area contributed by atoms with Crippen LogP contribution in [-0.4, -0.2) is 33.9 Å². The fraction of sp³-hybridized carbons (Fsp3) is 0.615. The van der Waals surface area contributed by atoms with Crippen LogP contribution in [0.2, 0.25) is 0 Å². The topological polar surface area (TPSA) is 82.2 Å². The van der Waals surface area contributed by atoms with Gasteiger partial charge in [0.2, 0.25) is 5.91 Å². The maximum atomic E-state index is 12.6. The fourth-order valence-electron chi connectivity index (χ4n) is 2.37. The van der Waals surface area contributed by atoms with Gasteiger partial charge in [0.15, 0.2) is 0 Å². The Morgan fingerprint density at radius 2 is 2.20 bits per heavy atom. The van der Waals surface area contributed by atoms with Crippen LogP contribution in [0.3, 0.4) is 0 Å². The first kappa shape index (κ1) is 14.9. The smallest absolute Gasteiger partial charge is 0.238 e. The number of amides is 1. The van der Waals surface area contributed by atoms with Crippen LogP contribution in [0.5, 0.6) is 0 Å². The highest BCUT2D eigenvalue weighted by atomic mass is 32.1. The minimum atomic E-state index is -0.820. The first-order valence-corrected chi connectivity index (χ1v) is 7.11. The van der Waals surface area contributed by atoms with Crippen molar-refractivity contribution in [1.29, 1.82) is 0 Å². The van der Waals surface area contributed by atoms with Crippen molar-refractivity contribution in [2.45, 2.75) is 32.7 Å². The molecule has 1 saturated heterocycles. The number of hydrogen-bond donors (Lipinski definition) is 2. The highest BCUT2D eigenvalue weighted by molar-refractivity contribution is 7.80. The molecule has 1 amide bonds. The standard InChI is InChI=1S/C13H20N4O2S/c1-9(2)17-10(3-6-15-17)16-12(18)13(11(14)20)4-7-19-8-5-13/h3,6,9H,4-5,7-8H2,1-2H3,(H2,14,20)(H,16,18). The molecule has 1 aromatic heterocycles. The van der Waals surface area contributed by atoms with Crippen LogP contribution < -0.4 is 11.1 Å². The SMILES string of the molecule is CC(C)n1nccc1NC(=O)C1(C(N)=S)CCOCC1. The molecule has 0 unspecified atom stereocenters. The number of rotatable bonds is 4. The van der Waals surface area contributed by atoms with E-state index in [0.29, 0.717) is 31.9 Å². The Morgan fingerprint density at radius 1 is 1.55 bits per heavy atom. The van der Waals surface area contributed by atoms with Gasteiger partial charge in [0.05, 0.1) is 11.2 Å². The number of anilines is 1. The van der Waals surface area contributed by atoms with E-state index in [1.165, 1.54) is 0 Å². The number of nitrogens with two attached hydrogens (primary N) is 1. The molecular formula is C13H20N4O2S. The van der Waals surface area contributed by atoms with Crippen LogP contribution in [-0.2, 0) is 9.53 Å². The number of nitrogens with zero attached hydrogens (tertiary/aromatic N) is 2. The summed E-state index contributed by atoms with van der Waals surface area (Å²) in [5.41, 5.74) is 5.00. The summed E-state index contributed by atoms with van der Waals surface area (Å²) < 4.78 is 7.06. The highest BCUT2D eigenvalue weighted by Gasteiger charge is 2.43. The second-order valence-corrected chi connectivity index (χ2v) is 5.71. The van der Waals surface area contributed by atoms with Crippen LogP contribution >= 0.6 is 12.2 Å². The Kier molecular flexibility index (Phi) is 4.39. The summed E-state index contributed by atoms with van der Waals surface area (Å²) >= 11 is 5.12. The molecule has 0 aromatic carbocycles. The molecule has 1 aliphatic heterocycles. The summed E-state index contributed by atoms with van der Waals surface area (Å²) in [6.45, 7) is 4.99. The van der Waals surface area contributed by atoms with E-state index in [2.05, 4.69) is 10.4 Å². The Morgan fingerprint density at radius 3 is 2.75 bits per heavy atom. The van der Waals surface area contributed by atoms with E-state index >= 15 is 0 Å². The zero-order valence-electron chi connectivity index (χ0n) is 11.8. The maximum absolute atomic E-state index is 12.6. The number of thiocarbonyl (C=S) groups is 1. The zero-order chi connectivity index (χ0) is 14.8. The van der Waals surface area contributed by atoms with Crippen molar-refractivity contribution < 1.29 is 9.53 Å². The Bertz CT molecular complexity index is 506. The third kappa shape index (κ3) is 2.69. The van der Waals surface area contributed by atoms with Crippen molar-refractivity contribution in [3.05, 3.63) is 12.3 Å². The summed E-state index contributed by atoms with van der Waals surface area (Å²) in [6, 6.07) is 1.93. The van der Waals surface area contributed by atoms with Crippen molar-refractivity contribution >= 4 is 28.9 Å². The second-order valence-electron chi connectivity index (χ2n) is 5.27. The van der Waals surface area contributed by atoms with Crippen LogP contribution in [0.15, 0.2) is 12.3 Å². The molecule has 0 radical (unpaired) electrons. The van der Waals surface area contributed by atoms with Crippen molar-refractivity contribution in [2.75, 3.05) is 18.5 Å². The number of hydrogen-bond acceptors (Lipinski definition) is 4. The number of aromatic nitrogens is 2. The minimum absolute atomic E-state index is 0.163. The number of ether oxygens (including phenoxy) is 1. The van der Waals surface area contributed by atoms with E-state index in [-0.39, 0.29) is 16.9 Å². The van der Waals surface area contributed by atoms with E-state index in [1.807, 2.05) is 13.8 Å². The molecule has 2 heterocycles. The van der Waals surface area contributed by atoms with Crippen molar-refractivity contribution in [2.24, 2.45) is 11.1 Å². The van der Waals surface area contributed by atoms with Gasteiger partial charge in [-0.25, -0.2) is 4.68 Å². The van der Waals surface area contributed by atoms with Crippen LogP contribution in [0, 0.1) is 5.41 Å². The van der Waals surface area contributed by atoms with Crippen molar-refractivity contribution in [3.63, 3.8) is 0 Å². The summed E-state index contributed by atoms with van der Waals surface area (Å²) in [5.74, 6) is 0.489. The van der Waals surface area contributed by atoms with Crippen molar-refractivity contribution in [1.82, 2.24) is 9.78 Å². The Balaban J connectivity index is 2.21. The van der Waals surface area contributed by atoms with Gasteiger partial charge in [0, 0.05) is 25.3 Å². The van der Waals surface area contributed by atoms with Crippen LogP contribution in [0.1, 0.15) is 32.7 Å². The predicted molar refractivity (Wildman–Crippen MR) is 80.5 cm³/mol. The van der Waals surface area contributed by atoms with Gasteiger partial charge in [-0.15, -0.1) is 0 Å². The molecule has 3 N–H and O–H groups in total. The van der Waals surface area contributed by atoms with Gasteiger partial charge < -0.3 is 15.8 Å². The number of nitrogens with one attached hydrogen (secondary N) is 1. The van der Waals surface area contributed by atoms with Gasteiger partial charge >= 0.3 is 0 Å². The molecule has 1 fully saturated rings. The average Bonchev–Trinajstić information content (AvgIpc) is 2.87. The van der Waals surface area contributed by atoms with Crippen LogP contribution in [0.25, 0.3) is 0 Å². The summed E-state index contributed by atoms with van der Waals surface area (Å²) in [5, 5.41) is 7.10. The molecular weight excluding hydrogens is 276 g/mol. The molecule has 20 heavy (non-hydrogen) atoms. The molecule has 0 bridgehead atoms. The van der Waals surface area contributed by atoms with Gasteiger partial charge in [-0.2, -0.15) is 5.10 Å². The molecule has 0 aliphatic carbocycles. The molecule has 2 rings (SSSR count). The molecule has 0 saturated carbocycles. The lowest BCUT2D eigenvalue weighted by molar-refractivity contribution is -0.126. The van der Waals surface area contributed by atoms with E-state index in [4.69, 9.17) is 22.7 Å². The van der Waals surface area contributed by atoms with Gasteiger partial charge in [-0.05, 0) is 26.7 Å². The molecule has 0 spiro atoms. The first-order valence-electron chi connectivity index (χ1n) is 6.70. The van der Waals surface area contributed by atoms with Gasteiger partial charge in [-0.1, -0.05) is 12.2 Å². The Hall–Kier alpha value is -1.47. The first-order chi connectivity index (χ1) is 9.47. The maximum Gasteiger partial charge on any atom is 0.238 e. The van der Waals surface area contributed by atoms with E-state index in [0.717, 1.165) is 0 Å². The van der Waals surface area contributed by atoms with E-state index in [1.54, 1.807) is 16.9 Å². The molecule has 1 aliphatic rings. The lowest BCUT2D eigenvalue weighted by atomic mass is 9.79. The monoisotopic (exact) mass is 296 g/mol. The molecule has 110 valence electrons. The van der Waals surface area contributed by atoms with Crippen LogP contribution in [0.4, 0.5) is 5.82 Å².